The van der Waals surface area contributed by atoms with Crippen molar-refractivity contribution in [1.29, 1.82) is 0 Å². The number of benzene rings is 1. The molecule has 0 saturated heterocycles. The topological polar surface area (TPSA) is 51.5 Å². The van der Waals surface area contributed by atoms with Crippen LogP contribution in [0, 0.1) is 0 Å². The fraction of sp³-hybridized carbons (Fsp3) is 0.267. The van der Waals surface area contributed by atoms with Gasteiger partial charge in [0.25, 0.3) is 5.91 Å². The van der Waals surface area contributed by atoms with Crippen LogP contribution in [0.1, 0.15) is 23.7 Å². The maximum Gasteiger partial charge on any atom is 0.251 e. The molecule has 0 aliphatic heterocycles. The van der Waals surface area contributed by atoms with Gasteiger partial charge in [-0.25, -0.2) is 0 Å². The molecule has 1 N–H and O–H groups in total. The van der Waals surface area contributed by atoms with Crippen LogP contribution < -0.4 is 10.1 Å². The summed E-state index contributed by atoms with van der Waals surface area (Å²) in [5, 5.41) is 3.69. The van der Waals surface area contributed by atoms with Gasteiger partial charge in [0.05, 0.1) is 11.6 Å². The third-order valence-electron chi connectivity index (χ3n) is 2.69. The van der Waals surface area contributed by atoms with Crippen molar-refractivity contribution >= 4 is 16.9 Å². The van der Waals surface area contributed by atoms with Crippen molar-refractivity contribution in [2.45, 2.75) is 13.3 Å². The lowest BCUT2D eigenvalue weighted by Crippen LogP contribution is -2.23. The summed E-state index contributed by atoms with van der Waals surface area (Å²) in [4.78, 5) is 12.0. The Kier molecular flexibility index (Phi) is 4.23. The highest BCUT2D eigenvalue weighted by molar-refractivity contribution is 5.99. The summed E-state index contributed by atoms with van der Waals surface area (Å²) in [6.07, 6.45) is 4.14. The van der Waals surface area contributed by atoms with Crippen molar-refractivity contribution in [1.82, 2.24) is 5.32 Å². The number of rotatable bonds is 6. The number of furan rings is 1. The molecular weight excluding hydrogens is 242 g/mol. The standard InChI is InChI=1S/C15H17NO3/c1-3-6-16-15(17)11-9-13(18-7-4-2)12-5-8-19-14(12)10-11/h4-5,8-10H,2-3,6-7H2,1H3,(H,16,17). The molecule has 0 unspecified atom stereocenters. The number of amides is 1. The monoisotopic (exact) mass is 259 g/mol. The minimum atomic E-state index is -0.122. The first-order valence-corrected chi connectivity index (χ1v) is 6.29. The zero-order valence-corrected chi connectivity index (χ0v) is 10.9. The number of fused-ring (bicyclic) bond motifs is 1. The number of hydrogen-bond donors (Lipinski definition) is 1. The molecule has 0 saturated carbocycles. The molecule has 100 valence electrons. The van der Waals surface area contributed by atoms with Gasteiger partial charge >= 0.3 is 0 Å². The normalized spacial score (nSPS) is 10.4. The van der Waals surface area contributed by atoms with Gasteiger partial charge in [0.2, 0.25) is 0 Å². The molecule has 1 amide bonds. The summed E-state index contributed by atoms with van der Waals surface area (Å²) in [6, 6.07) is 5.27. The van der Waals surface area contributed by atoms with Crippen LogP contribution in [0.2, 0.25) is 0 Å². The Labute approximate surface area is 112 Å². The predicted octanol–water partition coefficient (Wildman–Crippen LogP) is 3.14. The first-order valence-electron chi connectivity index (χ1n) is 6.29. The van der Waals surface area contributed by atoms with Gasteiger partial charge in [0.1, 0.15) is 17.9 Å². The molecule has 0 fully saturated rings. The number of hydrogen-bond acceptors (Lipinski definition) is 3. The zero-order chi connectivity index (χ0) is 13.7. The van der Waals surface area contributed by atoms with E-state index in [4.69, 9.17) is 9.15 Å². The van der Waals surface area contributed by atoms with E-state index < -0.39 is 0 Å². The third-order valence-corrected chi connectivity index (χ3v) is 2.69. The fourth-order valence-corrected chi connectivity index (χ4v) is 1.78. The molecule has 1 aromatic carbocycles. The minimum Gasteiger partial charge on any atom is -0.489 e. The maximum atomic E-state index is 12.0. The Bertz CT molecular complexity index is 586. The number of ether oxygens (including phenoxy) is 1. The molecule has 0 atom stereocenters. The largest absolute Gasteiger partial charge is 0.489 e. The van der Waals surface area contributed by atoms with Crippen LogP contribution in [-0.2, 0) is 0 Å². The van der Waals surface area contributed by atoms with E-state index in [1.807, 2.05) is 13.0 Å². The fourth-order valence-electron chi connectivity index (χ4n) is 1.78. The van der Waals surface area contributed by atoms with Crippen LogP contribution >= 0.6 is 0 Å². The van der Waals surface area contributed by atoms with Gasteiger partial charge in [-0.1, -0.05) is 19.6 Å². The average Bonchev–Trinajstić information content (AvgIpc) is 2.90. The molecule has 0 aliphatic carbocycles. The smallest absolute Gasteiger partial charge is 0.251 e. The Morgan fingerprint density at radius 2 is 2.37 bits per heavy atom. The second-order valence-electron chi connectivity index (χ2n) is 4.16. The average molecular weight is 259 g/mol. The second-order valence-corrected chi connectivity index (χ2v) is 4.16. The van der Waals surface area contributed by atoms with E-state index in [0.717, 1.165) is 11.8 Å². The van der Waals surface area contributed by atoms with Crippen LogP contribution in [0.3, 0.4) is 0 Å². The molecule has 1 heterocycles. The minimum absolute atomic E-state index is 0.122. The first-order chi connectivity index (χ1) is 9.26. The molecule has 0 aliphatic rings. The highest BCUT2D eigenvalue weighted by atomic mass is 16.5. The van der Waals surface area contributed by atoms with Crippen molar-refractivity contribution < 1.29 is 13.9 Å². The number of nitrogens with one attached hydrogen (secondary N) is 1. The Morgan fingerprint density at radius 3 is 3.11 bits per heavy atom. The Morgan fingerprint density at radius 1 is 1.53 bits per heavy atom. The van der Waals surface area contributed by atoms with Gasteiger partial charge < -0.3 is 14.5 Å². The lowest BCUT2D eigenvalue weighted by Gasteiger charge is -2.08. The van der Waals surface area contributed by atoms with Crippen LogP contribution in [0.15, 0.2) is 41.5 Å². The quantitative estimate of drug-likeness (QED) is 0.811. The van der Waals surface area contributed by atoms with Crippen molar-refractivity contribution in [3.63, 3.8) is 0 Å². The van der Waals surface area contributed by atoms with Crippen LogP contribution in [0.4, 0.5) is 0 Å². The molecule has 1 aromatic heterocycles. The van der Waals surface area contributed by atoms with Crippen molar-refractivity contribution in [2.75, 3.05) is 13.2 Å². The van der Waals surface area contributed by atoms with Gasteiger partial charge in [-0.05, 0) is 24.6 Å². The van der Waals surface area contributed by atoms with E-state index in [-0.39, 0.29) is 5.91 Å². The lowest BCUT2D eigenvalue weighted by molar-refractivity contribution is 0.0953. The first kappa shape index (κ1) is 13.2. The van der Waals surface area contributed by atoms with Gasteiger partial charge in [-0.15, -0.1) is 0 Å². The molecule has 0 radical (unpaired) electrons. The number of carbonyl (C=O) groups excluding carboxylic acids is 1. The van der Waals surface area contributed by atoms with E-state index in [2.05, 4.69) is 11.9 Å². The molecule has 2 aromatic rings. The van der Waals surface area contributed by atoms with E-state index >= 15 is 0 Å². The molecule has 0 spiro atoms. The van der Waals surface area contributed by atoms with Gasteiger partial charge in [-0.2, -0.15) is 0 Å². The van der Waals surface area contributed by atoms with Gasteiger partial charge in [0.15, 0.2) is 0 Å². The van der Waals surface area contributed by atoms with Gasteiger partial charge in [0, 0.05) is 12.1 Å². The van der Waals surface area contributed by atoms with Crippen molar-refractivity contribution in [2.24, 2.45) is 0 Å². The summed E-state index contributed by atoms with van der Waals surface area (Å²) in [5.74, 6) is 0.511. The molecule has 19 heavy (non-hydrogen) atoms. The third kappa shape index (κ3) is 2.96. The van der Waals surface area contributed by atoms with E-state index in [9.17, 15) is 4.79 Å². The summed E-state index contributed by atoms with van der Waals surface area (Å²) in [6.45, 7) is 6.66. The van der Waals surface area contributed by atoms with Gasteiger partial charge in [-0.3, -0.25) is 4.79 Å². The van der Waals surface area contributed by atoms with Crippen molar-refractivity contribution in [3.8, 4) is 5.75 Å². The Hall–Kier alpha value is -2.23. The second kappa shape index (κ2) is 6.09. The number of carbonyl (C=O) groups is 1. The summed E-state index contributed by atoms with van der Waals surface area (Å²) in [7, 11) is 0. The van der Waals surface area contributed by atoms with Crippen LogP contribution in [-0.4, -0.2) is 19.1 Å². The highest BCUT2D eigenvalue weighted by Gasteiger charge is 2.12. The Balaban J connectivity index is 2.33. The van der Waals surface area contributed by atoms with E-state index in [0.29, 0.717) is 30.0 Å². The molecular formula is C15H17NO3. The highest BCUT2D eigenvalue weighted by Crippen LogP contribution is 2.28. The zero-order valence-electron chi connectivity index (χ0n) is 10.9. The van der Waals surface area contributed by atoms with Crippen molar-refractivity contribution in [3.05, 3.63) is 42.7 Å². The molecule has 4 nitrogen and oxygen atoms in total. The summed E-state index contributed by atoms with van der Waals surface area (Å²) in [5.41, 5.74) is 1.18. The van der Waals surface area contributed by atoms with E-state index in [1.54, 1.807) is 24.5 Å². The molecule has 4 heteroatoms. The molecule has 2 rings (SSSR count). The van der Waals surface area contributed by atoms with E-state index in [1.165, 1.54) is 0 Å². The predicted molar refractivity (Wildman–Crippen MR) is 74.5 cm³/mol. The summed E-state index contributed by atoms with van der Waals surface area (Å²) < 4.78 is 10.9. The van der Waals surface area contributed by atoms with Crippen LogP contribution in [0.25, 0.3) is 11.0 Å². The summed E-state index contributed by atoms with van der Waals surface area (Å²) >= 11 is 0. The SMILES string of the molecule is C=CCOc1cc(C(=O)NCCC)cc2occc12. The maximum absolute atomic E-state index is 12.0. The van der Waals surface area contributed by atoms with Crippen LogP contribution in [0.5, 0.6) is 5.75 Å². The molecule has 0 bridgehead atoms. The lowest BCUT2D eigenvalue weighted by atomic mass is 10.1.